The van der Waals surface area contributed by atoms with E-state index in [4.69, 9.17) is 5.26 Å². The second-order valence-corrected chi connectivity index (χ2v) is 5.91. The summed E-state index contributed by atoms with van der Waals surface area (Å²) in [5.74, 6) is 1.37. The average Bonchev–Trinajstić information content (AvgIpc) is 2.80. The first-order valence-corrected chi connectivity index (χ1v) is 6.80. The molecular weight excluding hydrogens is 314 g/mol. The van der Waals surface area contributed by atoms with Crippen LogP contribution in [0.4, 0.5) is 11.6 Å². The highest BCUT2D eigenvalue weighted by Gasteiger charge is 2.00. The number of rotatable bonds is 5. The molecule has 0 radical (unpaired) electrons. The maximum atomic E-state index is 8.48. The smallest absolute Gasteiger partial charge is 0.132 e. The van der Waals surface area contributed by atoms with Crippen LogP contribution in [-0.4, -0.2) is 16.5 Å². The molecule has 0 bridgehead atoms. The van der Waals surface area contributed by atoms with Crippen molar-refractivity contribution in [3.05, 3.63) is 33.2 Å². The zero-order valence-corrected chi connectivity index (χ0v) is 11.8. The van der Waals surface area contributed by atoms with Crippen molar-refractivity contribution < 1.29 is 0 Å². The van der Waals surface area contributed by atoms with Gasteiger partial charge in [-0.2, -0.15) is 5.26 Å². The van der Waals surface area contributed by atoms with Crippen LogP contribution in [0.2, 0.25) is 0 Å². The van der Waals surface area contributed by atoms with Gasteiger partial charge in [-0.25, -0.2) is 9.97 Å². The van der Waals surface area contributed by atoms with Gasteiger partial charge in [0, 0.05) is 10.9 Å². The number of thiophene rings is 1. The summed E-state index contributed by atoms with van der Waals surface area (Å²) in [6.07, 6.45) is 1.46. The lowest BCUT2D eigenvalue weighted by Crippen LogP contribution is -2.04. The zero-order chi connectivity index (χ0) is 12.8. The molecule has 7 heteroatoms. The highest BCUT2D eigenvalue weighted by Crippen LogP contribution is 2.22. The molecule has 0 unspecified atom stereocenters. The monoisotopic (exact) mass is 323 g/mol. The second-order valence-electron chi connectivity index (χ2n) is 3.36. The van der Waals surface area contributed by atoms with Gasteiger partial charge in [-0.15, -0.1) is 11.3 Å². The summed E-state index contributed by atoms with van der Waals surface area (Å²) < 4.78 is 1.11. The molecule has 0 saturated carbocycles. The summed E-state index contributed by atoms with van der Waals surface area (Å²) in [5.41, 5.74) is 0. The molecular formula is C11H10BrN5S. The third-order valence-electron chi connectivity index (χ3n) is 2.09. The van der Waals surface area contributed by atoms with Gasteiger partial charge in [-0.3, -0.25) is 0 Å². The van der Waals surface area contributed by atoms with Crippen molar-refractivity contribution in [2.24, 2.45) is 0 Å². The number of hydrogen-bond acceptors (Lipinski definition) is 6. The minimum atomic E-state index is 0.230. The van der Waals surface area contributed by atoms with Gasteiger partial charge in [0.05, 0.1) is 16.4 Å². The zero-order valence-electron chi connectivity index (χ0n) is 9.35. The Hall–Kier alpha value is -1.65. The Kier molecular flexibility index (Phi) is 4.50. The van der Waals surface area contributed by atoms with E-state index in [1.165, 1.54) is 11.2 Å². The Balaban J connectivity index is 1.95. The first kappa shape index (κ1) is 12.8. The first-order chi connectivity index (χ1) is 8.78. The highest BCUT2D eigenvalue weighted by atomic mass is 79.9. The number of halogens is 1. The van der Waals surface area contributed by atoms with E-state index in [-0.39, 0.29) is 6.54 Å². The lowest BCUT2D eigenvalue weighted by Gasteiger charge is -2.05. The number of nitrogens with zero attached hydrogens (tertiary/aromatic N) is 3. The summed E-state index contributed by atoms with van der Waals surface area (Å²) in [7, 11) is 0. The number of anilines is 2. The maximum absolute atomic E-state index is 8.48. The normalized spacial score (nSPS) is 9.78. The third-order valence-corrected chi connectivity index (χ3v) is 3.71. The molecule has 92 valence electrons. The van der Waals surface area contributed by atoms with E-state index in [2.05, 4.69) is 42.6 Å². The van der Waals surface area contributed by atoms with Crippen LogP contribution in [0.15, 0.2) is 28.3 Å². The summed E-state index contributed by atoms with van der Waals surface area (Å²) in [6.45, 7) is 0.944. The molecule has 0 fully saturated rings. The Morgan fingerprint density at radius 1 is 1.28 bits per heavy atom. The van der Waals surface area contributed by atoms with E-state index >= 15 is 0 Å². The molecule has 0 atom stereocenters. The van der Waals surface area contributed by atoms with Crippen molar-refractivity contribution in [3.8, 4) is 6.07 Å². The fourth-order valence-electron chi connectivity index (χ4n) is 1.31. The molecule has 2 heterocycles. The van der Waals surface area contributed by atoms with Gasteiger partial charge in [0.15, 0.2) is 0 Å². The predicted molar refractivity (Wildman–Crippen MR) is 75.5 cm³/mol. The molecule has 2 aromatic heterocycles. The standard InChI is InChI=1S/C11H10BrN5S/c12-9-2-1-8(18-9)6-15-11-5-10(14-4-3-13)16-7-17-11/h1-2,5,7H,4,6H2,(H2,14,15,16,17). The number of aromatic nitrogens is 2. The third kappa shape index (κ3) is 3.68. The van der Waals surface area contributed by atoms with Crippen LogP contribution >= 0.6 is 27.3 Å². The van der Waals surface area contributed by atoms with Gasteiger partial charge in [-0.1, -0.05) is 0 Å². The average molecular weight is 324 g/mol. The summed E-state index contributed by atoms with van der Waals surface area (Å²) in [4.78, 5) is 9.35. The van der Waals surface area contributed by atoms with E-state index in [0.29, 0.717) is 12.4 Å². The maximum Gasteiger partial charge on any atom is 0.132 e. The number of nitriles is 1. The molecule has 0 aliphatic carbocycles. The highest BCUT2D eigenvalue weighted by molar-refractivity contribution is 9.11. The van der Waals surface area contributed by atoms with Gasteiger partial charge < -0.3 is 10.6 Å². The minimum Gasteiger partial charge on any atom is -0.365 e. The van der Waals surface area contributed by atoms with E-state index in [1.54, 1.807) is 17.4 Å². The summed E-state index contributed by atoms with van der Waals surface area (Å²) in [6, 6.07) is 7.85. The molecule has 2 N–H and O–H groups in total. The topological polar surface area (TPSA) is 73.6 Å². The molecule has 0 aliphatic rings. The van der Waals surface area contributed by atoms with E-state index < -0.39 is 0 Å². The van der Waals surface area contributed by atoms with E-state index in [0.717, 1.165) is 9.60 Å². The predicted octanol–water partition coefficient (Wildman–Crippen LogP) is 2.85. The lowest BCUT2D eigenvalue weighted by atomic mass is 10.4. The molecule has 18 heavy (non-hydrogen) atoms. The fraction of sp³-hybridized carbons (Fsp3) is 0.182. The van der Waals surface area contributed by atoms with Crippen LogP contribution in [-0.2, 0) is 6.54 Å². The van der Waals surface area contributed by atoms with Gasteiger partial charge in [0.1, 0.15) is 24.5 Å². The van der Waals surface area contributed by atoms with Gasteiger partial charge in [0.25, 0.3) is 0 Å². The largest absolute Gasteiger partial charge is 0.365 e. The number of nitrogens with one attached hydrogen (secondary N) is 2. The molecule has 0 amide bonds. The molecule has 0 aliphatic heterocycles. The van der Waals surface area contributed by atoms with Crippen molar-refractivity contribution in [1.82, 2.24) is 9.97 Å². The SMILES string of the molecule is N#CCNc1cc(NCc2ccc(Br)s2)ncn1. The Morgan fingerprint density at radius 3 is 2.72 bits per heavy atom. The van der Waals surface area contributed by atoms with E-state index in [1.807, 2.05) is 12.1 Å². The number of hydrogen-bond donors (Lipinski definition) is 2. The molecule has 0 saturated heterocycles. The van der Waals surface area contributed by atoms with Gasteiger partial charge >= 0.3 is 0 Å². The summed E-state index contributed by atoms with van der Waals surface area (Å²) in [5, 5.41) is 14.6. The molecule has 0 spiro atoms. The van der Waals surface area contributed by atoms with Crippen molar-refractivity contribution >= 4 is 38.9 Å². The van der Waals surface area contributed by atoms with E-state index in [9.17, 15) is 0 Å². The molecule has 2 aromatic rings. The quantitative estimate of drug-likeness (QED) is 0.828. The lowest BCUT2D eigenvalue weighted by molar-refractivity contribution is 1.09. The Labute approximate surface area is 117 Å². The van der Waals surface area contributed by atoms with Crippen LogP contribution in [0, 0.1) is 11.3 Å². The molecule has 5 nitrogen and oxygen atoms in total. The van der Waals surface area contributed by atoms with Gasteiger partial charge in [-0.05, 0) is 28.1 Å². The van der Waals surface area contributed by atoms with Crippen molar-refractivity contribution in [2.45, 2.75) is 6.54 Å². The molecule has 2 rings (SSSR count). The summed E-state index contributed by atoms with van der Waals surface area (Å²) >= 11 is 5.10. The van der Waals surface area contributed by atoms with Crippen molar-refractivity contribution in [1.29, 1.82) is 5.26 Å². The van der Waals surface area contributed by atoms with Crippen LogP contribution in [0.25, 0.3) is 0 Å². The van der Waals surface area contributed by atoms with Crippen LogP contribution in [0.1, 0.15) is 4.88 Å². The Morgan fingerprint density at radius 2 is 2.06 bits per heavy atom. The Bertz CT molecular complexity index is 563. The molecule has 0 aromatic carbocycles. The van der Waals surface area contributed by atoms with Crippen LogP contribution in [0.3, 0.4) is 0 Å². The fourth-order valence-corrected chi connectivity index (χ4v) is 2.73. The first-order valence-electron chi connectivity index (χ1n) is 5.19. The van der Waals surface area contributed by atoms with Crippen molar-refractivity contribution in [2.75, 3.05) is 17.2 Å². The van der Waals surface area contributed by atoms with Crippen molar-refractivity contribution in [3.63, 3.8) is 0 Å². The second kappa shape index (κ2) is 6.33. The van der Waals surface area contributed by atoms with Crippen LogP contribution in [0.5, 0.6) is 0 Å². The van der Waals surface area contributed by atoms with Gasteiger partial charge in [0.2, 0.25) is 0 Å². The van der Waals surface area contributed by atoms with Crippen LogP contribution < -0.4 is 10.6 Å². The minimum absolute atomic E-state index is 0.230.